The summed E-state index contributed by atoms with van der Waals surface area (Å²) in [6, 6.07) is 8.31. The molecule has 3 unspecified atom stereocenters. The first-order valence-corrected chi connectivity index (χ1v) is 11.6. The molecule has 1 aliphatic heterocycles. The maximum absolute atomic E-state index is 13.5. The van der Waals surface area contributed by atoms with Crippen LogP contribution < -0.4 is 5.73 Å². The van der Waals surface area contributed by atoms with Crippen molar-refractivity contribution >= 4 is 11.9 Å². The molecule has 3 N–H and O–H groups in total. The Morgan fingerprint density at radius 3 is 2.42 bits per heavy atom. The number of aromatic nitrogens is 3. The molecule has 1 amide bonds. The maximum Gasteiger partial charge on any atom is 0.343 e. The molecule has 2 fully saturated rings. The van der Waals surface area contributed by atoms with E-state index in [1.54, 1.807) is 12.1 Å². The number of carbonyl (C=O) groups is 2. The molecule has 1 saturated heterocycles. The number of likely N-dealkylation sites (N-methyl/N-ethyl adjacent to an activating group) is 1. The van der Waals surface area contributed by atoms with Gasteiger partial charge in [-0.3, -0.25) is 4.79 Å². The predicted octanol–water partition coefficient (Wildman–Crippen LogP) is 1.63. The van der Waals surface area contributed by atoms with Crippen molar-refractivity contribution in [2.45, 2.75) is 56.3 Å². The van der Waals surface area contributed by atoms with Crippen LogP contribution in [-0.2, 0) is 19.9 Å². The molecule has 9 heteroatoms. The Morgan fingerprint density at radius 2 is 1.79 bits per heavy atom. The van der Waals surface area contributed by atoms with Crippen molar-refractivity contribution in [3.63, 3.8) is 0 Å². The molecule has 33 heavy (non-hydrogen) atoms. The number of hydrogen-bond donors (Lipinski definition) is 2. The number of esters is 1. The number of hydrogen-bond acceptors (Lipinski definition) is 7. The summed E-state index contributed by atoms with van der Waals surface area (Å²) in [7, 11) is 1.89. The number of carbonyl (C=O) groups excluding carboxylic acids is 2. The van der Waals surface area contributed by atoms with E-state index in [2.05, 4.69) is 15.0 Å². The van der Waals surface area contributed by atoms with Gasteiger partial charge < -0.3 is 20.1 Å². The number of nitrogens with zero attached hydrogens (tertiary/aromatic N) is 4. The van der Waals surface area contributed by atoms with Crippen LogP contribution in [0.25, 0.3) is 0 Å². The Kier molecular flexibility index (Phi) is 6.71. The minimum Gasteiger partial charge on any atom is -0.454 e. The van der Waals surface area contributed by atoms with Crippen LogP contribution in [0, 0.1) is 5.92 Å². The molecule has 0 radical (unpaired) electrons. The highest BCUT2D eigenvalue weighted by molar-refractivity contribution is 5.82. The van der Waals surface area contributed by atoms with Gasteiger partial charge in [0.1, 0.15) is 19.2 Å². The summed E-state index contributed by atoms with van der Waals surface area (Å²) in [6.07, 6.45) is 7.40. The summed E-state index contributed by atoms with van der Waals surface area (Å²) >= 11 is 0. The predicted molar refractivity (Wildman–Crippen MR) is 119 cm³/mol. The zero-order valence-corrected chi connectivity index (χ0v) is 19.0. The van der Waals surface area contributed by atoms with Crippen LogP contribution in [0.2, 0.25) is 0 Å². The summed E-state index contributed by atoms with van der Waals surface area (Å²) in [4.78, 5) is 37.9. The highest BCUT2D eigenvalue weighted by atomic mass is 16.6. The molecule has 1 aliphatic carbocycles. The Bertz CT molecular complexity index is 969. The molecule has 9 nitrogen and oxygen atoms in total. The third kappa shape index (κ3) is 4.60. The lowest BCUT2D eigenvalue weighted by Crippen LogP contribution is -2.52. The number of primary amides is 1. The molecule has 1 aromatic carbocycles. The standard InChI is InChI=1S/C24H31N5O4/c1-29(20(21(25)30)22-27-15-26-16-28-22)13-12-19(14-29)33-23(31)24(32,17-8-4-2-5-9-17)18-10-6-3-7-11-18/h2,4-5,8-9,15-16,18-20,32H,3,6-7,10-14H2,1H3,(H-,25,30)/p+1/t19-,20?,24?,29?/m1/s1. The third-order valence-electron chi connectivity index (χ3n) is 7.23. The van der Waals surface area contributed by atoms with E-state index in [1.807, 2.05) is 25.2 Å². The molecule has 1 saturated carbocycles. The third-order valence-corrected chi connectivity index (χ3v) is 7.23. The lowest BCUT2D eigenvalue weighted by Gasteiger charge is -2.38. The van der Waals surface area contributed by atoms with Crippen LogP contribution in [0.15, 0.2) is 43.0 Å². The molecule has 2 heterocycles. The summed E-state index contributed by atoms with van der Waals surface area (Å²) in [5.74, 6) is -1.05. The first kappa shape index (κ1) is 23.3. The lowest BCUT2D eigenvalue weighted by molar-refractivity contribution is -0.920. The number of amides is 1. The van der Waals surface area contributed by atoms with Crippen molar-refractivity contribution < 1.29 is 23.9 Å². The summed E-state index contributed by atoms with van der Waals surface area (Å²) in [5.41, 5.74) is 4.60. The Balaban J connectivity index is 1.54. The molecular weight excluding hydrogens is 422 g/mol. The molecule has 176 valence electrons. The van der Waals surface area contributed by atoms with Crippen molar-refractivity contribution in [3.05, 3.63) is 54.4 Å². The van der Waals surface area contributed by atoms with Gasteiger partial charge in [0, 0.05) is 12.3 Å². The Hall–Kier alpha value is -2.91. The Labute approximate surface area is 193 Å². The minimum absolute atomic E-state index is 0.188. The molecular formula is C24H32N5O4+. The number of quaternary nitrogens is 1. The van der Waals surface area contributed by atoms with Gasteiger partial charge in [-0.25, -0.2) is 19.7 Å². The van der Waals surface area contributed by atoms with Gasteiger partial charge in [-0.15, -0.1) is 0 Å². The van der Waals surface area contributed by atoms with E-state index < -0.39 is 29.6 Å². The van der Waals surface area contributed by atoms with E-state index in [1.165, 1.54) is 12.7 Å². The number of nitrogens with two attached hydrogens (primary N) is 1. The molecule has 0 bridgehead atoms. The van der Waals surface area contributed by atoms with Gasteiger partial charge in [-0.05, 0) is 18.4 Å². The fourth-order valence-electron chi connectivity index (χ4n) is 5.49. The van der Waals surface area contributed by atoms with Gasteiger partial charge in [-0.2, -0.15) is 0 Å². The van der Waals surface area contributed by atoms with Crippen molar-refractivity contribution in [2.75, 3.05) is 20.1 Å². The van der Waals surface area contributed by atoms with E-state index in [-0.39, 0.29) is 10.4 Å². The molecule has 4 atom stereocenters. The first-order valence-electron chi connectivity index (χ1n) is 11.6. The Morgan fingerprint density at radius 1 is 1.12 bits per heavy atom. The van der Waals surface area contributed by atoms with Crippen LogP contribution in [0.1, 0.15) is 56.0 Å². The second kappa shape index (κ2) is 9.52. The average Bonchev–Trinajstić information content (AvgIpc) is 3.20. The number of aliphatic hydroxyl groups is 1. The summed E-state index contributed by atoms with van der Waals surface area (Å²) < 4.78 is 6.16. The van der Waals surface area contributed by atoms with Gasteiger partial charge in [0.15, 0.2) is 17.5 Å². The molecule has 2 aliphatic rings. The number of likely N-dealkylation sites (tertiary alicyclic amines) is 1. The smallest absolute Gasteiger partial charge is 0.343 e. The van der Waals surface area contributed by atoms with Crippen LogP contribution in [-0.4, -0.2) is 62.7 Å². The van der Waals surface area contributed by atoms with Crippen molar-refractivity contribution in [1.29, 1.82) is 0 Å². The van der Waals surface area contributed by atoms with E-state index in [4.69, 9.17) is 10.5 Å². The molecule has 4 rings (SSSR count). The second-order valence-corrected chi connectivity index (χ2v) is 9.47. The maximum atomic E-state index is 13.5. The highest BCUT2D eigenvalue weighted by Gasteiger charge is 2.51. The van der Waals surface area contributed by atoms with Gasteiger partial charge in [0.05, 0.1) is 13.6 Å². The molecule has 0 spiro atoms. The summed E-state index contributed by atoms with van der Waals surface area (Å²) in [6.45, 7) is 0.936. The topological polar surface area (TPSA) is 128 Å². The van der Waals surface area contributed by atoms with Crippen LogP contribution in [0.5, 0.6) is 0 Å². The van der Waals surface area contributed by atoms with Gasteiger partial charge in [0.2, 0.25) is 6.04 Å². The monoisotopic (exact) mass is 454 g/mol. The quantitative estimate of drug-likeness (QED) is 0.481. The van der Waals surface area contributed by atoms with E-state index in [9.17, 15) is 14.7 Å². The van der Waals surface area contributed by atoms with Crippen molar-refractivity contribution in [3.8, 4) is 0 Å². The highest BCUT2D eigenvalue weighted by Crippen LogP contribution is 2.41. The van der Waals surface area contributed by atoms with Crippen LogP contribution in [0.3, 0.4) is 0 Å². The van der Waals surface area contributed by atoms with E-state index in [0.29, 0.717) is 30.9 Å². The zero-order valence-electron chi connectivity index (χ0n) is 19.0. The SMILES string of the molecule is C[N+]1(C(C(N)=O)c2ncncn2)CC[C@@H](OC(=O)C(O)(c2ccccc2)C2CCCCC2)C1. The van der Waals surface area contributed by atoms with Gasteiger partial charge in [0.25, 0.3) is 5.91 Å². The van der Waals surface area contributed by atoms with E-state index in [0.717, 1.165) is 32.1 Å². The van der Waals surface area contributed by atoms with Gasteiger partial charge >= 0.3 is 5.97 Å². The second-order valence-electron chi connectivity index (χ2n) is 9.47. The zero-order chi connectivity index (χ0) is 23.5. The fraction of sp³-hybridized carbons (Fsp3) is 0.542. The lowest BCUT2D eigenvalue weighted by atomic mass is 9.73. The normalized spacial score (nSPS) is 26.3. The number of benzene rings is 1. The van der Waals surface area contributed by atoms with Crippen LogP contribution >= 0.6 is 0 Å². The number of ether oxygens (including phenoxy) is 1. The van der Waals surface area contributed by atoms with Crippen LogP contribution in [0.4, 0.5) is 0 Å². The van der Waals surface area contributed by atoms with Crippen molar-refractivity contribution in [2.24, 2.45) is 11.7 Å². The number of rotatable bonds is 7. The van der Waals surface area contributed by atoms with E-state index >= 15 is 0 Å². The fourth-order valence-corrected chi connectivity index (χ4v) is 5.49. The first-order chi connectivity index (χ1) is 15.8. The van der Waals surface area contributed by atoms with Crippen molar-refractivity contribution in [1.82, 2.24) is 15.0 Å². The summed E-state index contributed by atoms with van der Waals surface area (Å²) in [5, 5.41) is 11.8. The minimum atomic E-state index is -1.69. The average molecular weight is 455 g/mol. The van der Waals surface area contributed by atoms with Gasteiger partial charge in [-0.1, -0.05) is 49.6 Å². The molecule has 2 aromatic rings. The largest absolute Gasteiger partial charge is 0.454 e. The molecule has 1 aromatic heterocycles.